The molecule has 72 valence electrons. The van der Waals surface area contributed by atoms with Crippen LogP contribution >= 0.6 is 0 Å². The van der Waals surface area contributed by atoms with Gasteiger partial charge in [0.2, 0.25) is 0 Å². The third kappa shape index (κ3) is 2.38. The van der Waals surface area contributed by atoms with Crippen molar-refractivity contribution in [3.63, 3.8) is 0 Å². The maximum atomic E-state index is 5.84. The van der Waals surface area contributed by atoms with Crippen LogP contribution < -0.4 is 10.5 Å². The summed E-state index contributed by atoms with van der Waals surface area (Å²) in [5.74, 6) is 0.840. The molecule has 0 aliphatic carbocycles. The van der Waals surface area contributed by atoms with Crippen LogP contribution in [0.1, 0.15) is 24.5 Å². The molecule has 13 heavy (non-hydrogen) atoms. The topological polar surface area (TPSA) is 35.2 Å². The summed E-state index contributed by atoms with van der Waals surface area (Å²) in [5.41, 5.74) is 8.88. The third-order valence-electron chi connectivity index (χ3n) is 1.90. The molecule has 2 N–H and O–H groups in total. The number of ether oxygens (including phenoxy) is 1. The molecule has 0 amide bonds. The minimum atomic E-state index is 0.730. The zero-order chi connectivity index (χ0) is 9.84. The molecule has 1 aromatic rings. The van der Waals surface area contributed by atoms with Gasteiger partial charge < -0.3 is 10.5 Å². The number of hydrogen-bond donors (Lipinski definition) is 1. The molecule has 0 aromatic heterocycles. The minimum Gasteiger partial charge on any atom is -0.491 e. The molecule has 0 spiro atoms. The molecule has 0 unspecified atom stereocenters. The monoisotopic (exact) mass is 179 g/mol. The molecule has 0 heterocycles. The number of rotatable bonds is 3. The molecule has 0 saturated carbocycles. The maximum Gasteiger partial charge on any atom is 0.145 e. The largest absolute Gasteiger partial charge is 0.491 e. The molecular weight excluding hydrogens is 162 g/mol. The lowest BCUT2D eigenvalue weighted by Crippen LogP contribution is -2.01. The zero-order valence-electron chi connectivity index (χ0n) is 8.55. The van der Waals surface area contributed by atoms with Crippen molar-refractivity contribution in [2.45, 2.75) is 27.2 Å². The fraction of sp³-hybridized carbons (Fsp3) is 0.455. The fourth-order valence-electron chi connectivity index (χ4n) is 1.39. The van der Waals surface area contributed by atoms with Crippen LogP contribution in [0.5, 0.6) is 5.75 Å². The number of nitrogens with two attached hydrogens (primary N) is 1. The first-order valence-corrected chi connectivity index (χ1v) is 4.64. The Balaban J connectivity index is 2.92. The van der Waals surface area contributed by atoms with E-state index >= 15 is 0 Å². The van der Waals surface area contributed by atoms with E-state index in [4.69, 9.17) is 10.5 Å². The third-order valence-corrected chi connectivity index (χ3v) is 1.90. The molecular formula is C11H17NO. The van der Waals surface area contributed by atoms with E-state index < -0.39 is 0 Å². The summed E-state index contributed by atoms with van der Waals surface area (Å²) >= 11 is 0. The normalized spacial score (nSPS) is 10.1. The lowest BCUT2D eigenvalue weighted by Gasteiger charge is -2.11. The Labute approximate surface area is 79.7 Å². The van der Waals surface area contributed by atoms with E-state index in [9.17, 15) is 0 Å². The van der Waals surface area contributed by atoms with E-state index in [0.29, 0.717) is 0 Å². The first kappa shape index (κ1) is 9.90. The molecule has 0 aliphatic heterocycles. The highest BCUT2D eigenvalue weighted by Gasteiger charge is 2.04. The van der Waals surface area contributed by atoms with Crippen LogP contribution in [0.2, 0.25) is 0 Å². The fourth-order valence-corrected chi connectivity index (χ4v) is 1.39. The van der Waals surface area contributed by atoms with Crippen molar-refractivity contribution in [1.82, 2.24) is 0 Å². The van der Waals surface area contributed by atoms with Crippen molar-refractivity contribution in [1.29, 1.82) is 0 Å². The standard InChI is InChI=1S/C11H17NO/c1-4-5-13-11-9(3)6-8(2)7-10(11)12/h6-7H,4-5,12H2,1-3H3. The highest BCUT2D eigenvalue weighted by Crippen LogP contribution is 2.27. The van der Waals surface area contributed by atoms with Crippen LogP contribution in [0.15, 0.2) is 12.1 Å². The summed E-state index contributed by atoms with van der Waals surface area (Å²) in [5, 5.41) is 0. The van der Waals surface area contributed by atoms with Crippen molar-refractivity contribution >= 4 is 5.69 Å². The molecule has 0 fully saturated rings. The number of aryl methyl sites for hydroxylation is 2. The maximum absolute atomic E-state index is 5.84. The molecule has 0 bridgehead atoms. The quantitative estimate of drug-likeness (QED) is 0.724. The smallest absolute Gasteiger partial charge is 0.145 e. The van der Waals surface area contributed by atoms with Gasteiger partial charge in [0.25, 0.3) is 0 Å². The van der Waals surface area contributed by atoms with Crippen molar-refractivity contribution < 1.29 is 4.74 Å². The van der Waals surface area contributed by atoms with Crippen molar-refractivity contribution in [2.24, 2.45) is 0 Å². The van der Waals surface area contributed by atoms with Crippen molar-refractivity contribution in [3.05, 3.63) is 23.3 Å². The van der Waals surface area contributed by atoms with Crippen LogP contribution in [0, 0.1) is 13.8 Å². The van der Waals surface area contributed by atoms with E-state index in [1.54, 1.807) is 0 Å². The number of benzene rings is 1. The van der Waals surface area contributed by atoms with Crippen LogP contribution in [-0.2, 0) is 0 Å². The van der Waals surface area contributed by atoms with E-state index in [1.165, 1.54) is 5.56 Å². The van der Waals surface area contributed by atoms with Gasteiger partial charge in [0.05, 0.1) is 12.3 Å². The molecule has 0 radical (unpaired) electrons. The molecule has 1 rings (SSSR count). The first-order chi connectivity index (χ1) is 6.15. The summed E-state index contributed by atoms with van der Waals surface area (Å²) in [6.07, 6.45) is 1.01. The van der Waals surface area contributed by atoms with Crippen LogP contribution in [0.25, 0.3) is 0 Å². The van der Waals surface area contributed by atoms with Gasteiger partial charge in [-0.25, -0.2) is 0 Å². The van der Waals surface area contributed by atoms with Crippen LogP contribution in [0.3, 0.4) is 0 Å². The highest BCUT2D eigenvalue weighted by atomic mass is 16.5. The van der Waals surface area contributed by atoms with Crippen LogP contribution in [-0.4, -0.2) is 6.61 Å². The average molecular weight is 179 g/mol. The van der Waals surface area contributed by atoms with Gasteiger partial charge in [-0.05, 0) is 37.5 Å². The number of hydrogen-bond acceptors (Lipinski definition) is 2. The average Bonchev–Trinajstić information content (AvgIpc) is 2.02. The summed E-state index contributed by atoms with van der Waals surface area (Å²) in [4.78, 5) is 0. The second kappa shape index (κ2) is 4.17. The summed E-state index contributed by atoms with van der Waals surface area (Å²) in [7, 11) is 0. The molecule has 0 atom stereocenters. The minimum absolute atomic E-state index is 0.730. The highest BCUT2D eigenvalue weighted by molar-refractivity contribution is 5.58. The molecule has 2 nitrogen and oxygen atoms in total. The van der Waals surface area contributed by atoms with Gasteiger partial charge in [0.15, 0.2) is 0 Å². The Hall–Kier alpha value is -1.18. The van der Waals surface area contributed by atoms with E-state index in [2.05, 4.69) is 13.0 Å². The molecule has 2 heteroatoms. The molecule has 0 saturated heterocycles. The van der Waals surface area contributed by atoms with Gasteiger partial charge in [-0.15, -0.1) is 0 Å². The van der Waals surface area contributed by atoms with Gasteiger partial charge in [-0.3, -0.25) is 0 Å². The summed E-state index contributed by atoms with van der Waals surface area (Å²) in [6, 6.07) is 4.03. The second-order valence-corrected chi connectivity index (χ2v) is 3.35. The molecule has 1 aromatic carbocycles. The first-order valence-electron chi connectivity index (χ1n) is 4.64. The Bertz CT molecular complexity index is 271. The Morgan fingerprint density at radius 1 is 1.31 bits per heavy atom. The predicted octanol–water partition coefficient (Wildman–Crippen LogP) is 2.67. The van der Waals surface area contributed by atoms with Crippen LogP contribution in [0.4, 0.5) is 5.69 Å². The van der Waals surface area contributed by atoms with E-state index in [0.717, 1.165) is 30.0 Å². The lowest BCUT2D eigenvalue weighted by atomic mass is 10.1. The Morgan fingerprint density at radius 3 is 2.54 bits per heavy atom. The van der Waals surface area contributed by atoms with Gasteiger partial charge in [0.1, 0.15) is 5.75 Å². The number of nitrogen functional groups attached to an aromatic ring is 1. The summed E-state index contributed by atoms with van der Waals surface area (Å²) < 4.78 is 5.55. The number of anilines is 1. The Kier molecular flexibility index (Phi) is 3.18. The second-order valence-electron chi connectivity index (χ2n) is 3.35. The van der Waals surface area contributed by atoms with Crippen molar-refractivity contribution in [3.8, 4) is 5.75 Å². The predicted molar refractivity (Wildman–Crippen MR) is 56.1 cm³/mol. The van der Waals surface area contributed by atoms with E-state index in [-0.39, 0.29) is 0 Å². The SMILES string of the molecule is CCCOc1c(C)cc(C)cc1N. The summed E-state index contributed by atoms with van der Waals surface area (Å²) in [6.45, 7) is 6.87. The van der Waals surface area contributed by atoms with Gasteiger partial charge >= 0.3 is 0 Å². The van der Waals surface area contributed by atoms with Gasteiger partial charge in [-0.2, -0.15) is 0 Å². The zero-order valence-corrected chi connectivity index (χ0v) is 8.55. The van der Waals surface area contributed by atoms with E-state index in [1.807, 2.05) is 19.9 Å². The Morgan fingerprint density at radius 2 is 2.00 bits per heavy atom. The van der Waals surface area contributed by atoms with Gasteiger partial charge in [0, 0.05) is 0 Å². The lowest BCUT2D eigenvalue weighted by molar-refractivity contribution is 0.317. The van der Waals surface area contributed by atoms with Gasteiger partial charge in [-0.1, -0.05) is 13.0 Å². The molecule has 0 aliphatic rings. The van der Waals surface area contributed by atoms with Crippen molar-refractivity contribution in [2.75, 3.05) is 12.3 Å².